The summed E-state index contributed by atoms with van der Waals surface area (Å²) in [5, 5.41) is 0.277. The molecule has 20 heavy (non-hydrogen) atoms. The van der Waals surface area contributed by atoms with Crippen molar-refractivity contribution in [1.82, 2.24) is 0 Å². The third-order valence-electron chi connectivity index (χ3n) is 2.42. The SMILES string of the molecule is CCOc1c(Cl)cc(C(=O)OC)c(OCC)c1OCC. The first-order chi connectivity index (χ1) is 9.60. The molecule has 5 nitrogen and oxygen atoms in total. The van der Waals surface area contributed by atoms with Crippen LogP contribution in [0.1, 0.15) is 31.1 Å². The van der Waals surface area contributed by atoms with Gasteiger partial charge in [-0.25, -0.2) is 4.79 Å². The Morgan fingerprint density at radius 3 is 2.00 bits per heavy atom. The van der Waals surface area contributed by atoms with Gasteiger partial charge in [-0.3, -0.25) is 0 Å². The highest BCUT2D eigenvalue weighted by Crippen LogP contribution is 2.45. The molecule has 0 radical (unpaired) electrons. The molecule has 0 saturated heterocycles. The van der Waals surface area contributed by atoms with E-state index in [0.29, 0.717) is 31.3 Å². The van der Waals surface area contributed by atoms with Crippen molar-refractivity contribution in [3.05, 3.63) is 16.7 Å². The molecule has 0 unspecified atom stereocenters. The Bertz CT molecular complexity index is 473. The lowest BCUT2D eigenvalue weighted by atomic mass is 10.1. The highest BCUT2D eigenvalue weighted by molar-refractivity contribution is 6.32. The van der Waals surface area contributed by atoms with Gasteiger partial charge in [-0.2, -0.15) is 0 Å². The first-order valence-electron chi connectivity index (χ1n) is 6.43. The molecule has 0 aromatic heterocycles. The van der Waals surface area contributed by atoms with Gasteiger partial charge in [0.15, 0.2) is 11.5 Å². The average molecular weight is 303 g/mol. The smallest absolute Gasteiger partial charge is 0.341 e. The molecule has 0 aliphatic carbocycles. The van der Waals surface area contributed by atoms with Crippen molar-refractivity contribution in [2.24, 2.45) is 0 Å². The first kappa shape index (κ1) is 16.4. The van der Waals surface area contributed by atoms with Crippen LogP contribution in [0.2, 0.25) is 5.02 Å². The molecule has 1 aromatic carbocycles. The van der Waals surface area contributed by atoms with Crippen molar-refractivity contribution in [2.75, 3.05) is 26.9 Å². The largest absolute Gasteiger partial charge is 0.489 e. The molecule has 6 heteroatoms. The number of hydrogen-bond acceptors (Lipinski definition) is 5. The average Bonchev–Trinajstić information content (AvgIpc) is 2.44. The second-order valence-electron chi connectivity index (χ2n) is 3.68. The fourth-order valence-corrected chi connectivity index (χ4v) is 1.94. The molecule has 0 atom stereocenters. The standard InChI is InChI=1S/C14H19ClO5/c1-5-18-11-9(14(16)17-4)8-10(15)12(19-6-2)13(11)20-7-3/h8H,5-7H2,1-4H3. The Balaban J connectivity index is 3.50. The van der Waals surface area contributed by atoms with E-state index in [2.05, 4.69) is 0 Å². The molecule has 0 fully saturated rings. The number of hydrogen-bond donors (Lipinski definition) is 0. The second-order valence-corrected chi connectivity index (χ2v) is 4.09. The third-order valence-corrected chi connectivity index (χ3v) is 2.70. The van der Waals surface area contributed by atoms with Gasteiger partial charge in [0.25, 0.3) is 0 Å². The zero-order chi connectivity index (χ0) is 15.1. The van der Waals surface area contributed by atoms with Gasteiger partial charge in [0.1, 0.15) is 5.56 Å². The summed E-state index contributed by atoms with van der Waals surface area (Å²) in [6.45, 7) is 6.65. The molecule has 0 amide bonds. The Labute approximate surface area is 123 Å². The number of esters is 1. The quantitative estimate of drug-likeness (QED) is 0.723. The number of methoxy groups -OCH3 is 1. The Kier molecular flexibility index (Phi) is 6.45. The van der Waals surface area contributed by atoms with Crippen LogP contribution in [0.3, 0.4) is 0 Å². The molecule has 0 heterocycles. The van der Waals surface area contributed by atoms with E-state index in [0.717, 1.165) is 0 Å². The molecule has 0 aliphatic heterocycles. The van der Waals surface area contributed by atoms with Crippen molar-refractivity contribution in [2.45, 2.75) is 20.8 Å². The fourth-order valence-electron chi connectivity index (χ4n) is 1.70. The Hall–Kier alpha value is -1.62. The number of carbonyl (C=O) groups excluding carboxylic acids is 1. The maximum Gasteiger partial charge on any atom is 0.341 e. The first-order valence-corrected chi connectivity index (χ1v) is 6.81. The third kappa shape index (κ3) is 3.48. The lowest BCUT2D eigenvalue weighted by Gasteiger charge is -2.18. The normalized spacial score (nSPS) is 10.1. The second kappa shape index (κ2) is 7.85. The van der Waals surface area contributed by atoms with E-state index in [1.165, 1.54) is 13.2 Å². The number of benzene rings is 1. The molecule has 0 spiro atoms. The zero-order valence-electron chi connectivity index (χ0n) is 12.1. The van der Waals surface area contributed by atoms with E-state index in [9.17, 15) is 4.79 Å². The van der Waals surface area contributed by atoms with E-state index >= 15 is 0 Å². The molecule has 1 aromatic rings. The van der Waals surface area contributed by atoms with Crippen molar-refractivity contribution >= 4 is 17.6 Å². The van der Waals surface area contributed by atoms with E-state index in [-0.39, 0.29) is 16.3 Å². The maximum absolute atomic E-state index is 11.8. The molecule has 0 bridgehead atoms. The van der Waals surface area contributed by atoms with Gasteiger partial charge in [0.2, 0.25) is 5.75 Å². The lowest BCUT2D eigenvalue weighted by Crippen LogP contribution is -2.10. The van der Waals surface area contributed by atoms with Crippen LogP contribution in [-0.2, 0) is 4.74 Å². The summed E-state index contributed by atoms with van der Waals surface area (Å²) in [5.74, 6) is 0.435. The Morgan fingerprint density at radius 2 is 1.50 bits per heavy atom. The van der Waals surface area contributed by atoms with Crippen molar-refractivity contribution in [3.8, 4) is 17.2 Å². The van der Waals surface area contributed by atoms with Gasteiger partial charge in [-0.15, -0.1) is 0 Å². The number of halogens is 1. The van der Waals surface area contributed by atoms with Crippen LogP contribution in [0.15, 0.2) is 6.07 Å². The highest BCUT2D eigenvalue weighted by atomic mass is 35.5. The van der Waals surface area contributed by atoms with Gasteiger partial charge in [0.05, 0.1) is 32.0 Å². The summed E-state index contributed by atoms with van der Waals surface area (Å²) in [4.78, 5) is 11.8. The van der Waals surface area contributed by atoms with Crippen molar-refractivity contribution in [1.29, 1.82) is 0 Å². The summed E-state index contributed by atoms with van der Waals surface area (Å²) in [7, 11) is 1.29. The van der Waals surface area contributed by atoms with Crippen LogP contribution in [-0.4, -0.2) is 32.9 Å². The van der Waals surface area contributed by atoms with Crippen LogP contribution in [0.25, 0.3) is 0 Å². The van der Waals surface area contributed by atoms with Crippen LogP contribution < -0.4 is 14.2 Å². The van der Waals surface area contributed by atoms with Crippen LogP contribution in [0.5, 0.6) is 17.2 Å². The zero-order valence-corrected chi connectivity index (χ0v) is 12.9. The van der Waals surface area contributed by atoms with E-state index < -0.39 is 5.97 Å². The summed E-state index contributed by atoms with van der Waals surface area (Å²) in [6, 6.07) is 1.46. The van der Waals surface area contributed by atoms with E-state index in [1.54, 1.807) is 0 Å². The minimum absolute atomic E-state index is 0.214. The highest BCUT2D eigenvalue weighted by Gasteiger charge is 2.25. The van der Waals surface area contributed by atoms with Crippen molar-refractivity contribution < 1.29 is 23.7 Å². The van der Waals surface area contributed by atoms with Gasteiger partial charge >= 0.3 is 5.97 Å². The van der Waals surface area contributed by atoms with Crippen molar-refractivity contribution in [3.63, 3.8) is 0 Å². The maximum atomic E-state index is 11.8. The molecule has 0 aliphatic rings. The number of carbonyl (C=O) groups is 1. The van der Waals surface area contributed by atoms with Crippen LogP contribution in [0, 0.1) is 0 Å². The summed E-state index contributed by atoms with van der Waals surface area (Å²) in [6.07, 6.45) is 0. The summed E-state index contributed by atoms with van der Waals surface area (Å²) in [5.41, 5.74) is 0.214. The predicted molar refractivity (Wildman–Crippen MR) is 76.3 cm³/mol. The minimum Gasteiger partial charge on any atom is -0.489 e. The van der Waals surface area contributed by atoms with Gasteiger partial charge in [0, 0.05) is 0 Å². The van der Waals surface area contributed by atoms with Gasteiger partial charge in [-0.1, -0.05) is 11.6 Å². The molecule has 1 rings (SSSR count). The number of rotatable bonds is 7. The summed E-state index contributed by atoms with van der Waals surface area (Å²) >= 11 is 6.15. The van der Waals surface area contributed by atoms with E-state index in [1.807, 2.05) is 20.8 Å². The lowest BCUT2D eigenvalue weighted by molar-refractivity contribution is 0.0595. The van der Waals surface area contributed by atoms with Crippen LogP contribution in [0.4, 0.5) is 0 Å². The number of ether oxygens (including phenoxy) is 4. The molecule has 112 valence electrons. The molecule has 0 saturated carbocycles. The fraction of sp³-hybridized carbons (Fsp3) is 0.500. The van der Waals surface area contributed by atoms with E-state index in [4.69, 9.17) is 30.5 Å². The van der Waals surface area contributed by atoms with Crippen LogP contribution >= 0.6 is 11.6 Å². The molecular weight excluding hydrogens is 284 g/mol. The monoisotopic (exact) mass is 302 g/mol. The predicted octanol–water partition coefficient (Wildman–Crippen LogP) is 3.32. The molecular formula is C14H19ClO5. The van der Waals surface area contributed by atoms with Gasteiger partial charge in [-0.05, 0) is 26.8 Å². The Morgan fingerprint density at radius 1 is 1.00 bits per heavy atom. The van der Waals surface area contributed by atoms with Gasteiger partial charge < -0.3 is 18.9 Å². The minimum atomic E-state index is -0.542. The summed E-state index contributed by atoms with van der Waals surface area (Å²) < 4.78 is 21.3. The topological polar surface area (TPSA) is 54.0 Å². The molecule has 0 N–H and O–H groups in total.